The second-order valence-electron chi connectivity index (χ2n) is 4.68. The van der Waals surface area contributed by atoms with Crippen molar-refractivity contribution in [3.63, 3.8) is 0 Å². The summed E-state index contributed by atoms with van der Waals surface area (Å²) in [6.07, 6.45) is 0.290. The van der Waals surface area contributed by atoms with Crippen LogP contribution in [0.2, 0.25) is 0 Å². The molecule has 2 aromatic carbocycles. The normalized spacial score (nSPS) is 10.2. The first-order valence-corrected chi connectivity index (χ1v) is 6.30. The highest BCUT2D eigenvalue weighted by Gasteiger charge is 1.99. The number of carbonyl (C=O) groups excluding carboxylic acids is 1. The largest absolute Gasteiger partial charge is 0.381 e. The number of rotatable bonds is 5. The van der Waals surface area contributed by atoms with E-state index >= 15 is 0 Å². The topological polar surface area (TPSA) is 55.1 Å². The summed E-state index contributed by atoms with van der Waals surface area (Å²) >= 11 is 0. The molecule has 98 valence electrons. The SMILES string of the molecule is Cc1ccc(CNc2ccc(CC(N)=O)cc2)cc1. The van der Waals surface area contributed by atoms with E-state index in [2.05, 4.69) is 36.5 Å². The Bertz CT molecular complexity index is 544. The number of hydrogen-bond acceptors (Lipinski definition) is 2. The van der Waals surface area contributed by atoms with Gasteiger partial charge in [-0.15, -0.1) is 0 Å². The van der Waals surface area contributed by atoms with Crippen LogP contribution < -0.4 is 11.1 Å². The van der Waals surface area contributed by atoms with Gasteiger partial charge in [-0.05, 0) is 30.2 Å². The average Bonchev–Trinajstić information content (AvgIpc) is 2.39. The molecule has 1 amide bonds. The molecule has 0 aromatic heterocycles. The zero-order valence-electron chi connectivity index (χ0n) is 11.0. The molecule has 0 aliphatic heterocycles. The number of benzene rings is 2. The molecule has 2 aromatic rings. The van der Waals surface area contributed by atoms with Gasteiger partial charge in [0.1, 0.15) is 0 Å². The molecule has 0 saturated carbocycles. The quantitative estimate of drug-likeness (QED) is 0.861. The van der Waals surface area contributed by atoms with E-state index in [1.807, 2.05) is 24.3 Å². The monoisotopic (exact) mass is 254 g/mol. The van der Waals surface area contributed by atoms with Gasteiger partial charge in [-0.2, -0.15) is 0 Å². The van der Waals surface area contributed by atoms with Crippen molar-refractivity contribution >= 4 is 11.6 Å². The van der Waals surface area contributed by atoms with Gasteiger partial charge < -0.3 is 11.1 Å². The number of amides is 1. The zero-order valence-corrected chi connectivity index (χ0v) is 11.0. The summed E-state index contributed by atoms with van der Waals surface area (Å²) in [5.41, 5.74) is 9.63. The Labute approximate surface area is 113 Å². The van der Waals surface area contributed by atoms with Crippen LogP contribution in [0.1, 0.15) is 16.7 Å². The molecule has 0 heterocycles. The minimum Gasteiger partial charge on any atom is -0.381 e. The molecule has 0 aliphatic carbocycles. The molecule has 0 unspecified atom stereocenters. The molecule has 3 heteroatoms. The molecule has 0 bridgehead atoms. The van der Waals surface area contributed by atoms with Crippen molar-refractivity contribution < 1.29 is 4.79 Å². The van der Waals surface area contributed by atoms with Crippen LogP contribution in [-0.4, -0.2) is 5.91 Å². The van der Waals surface area contributed by atoms with E-state index in [4.69, 9.17) is 5.73 Å². The highest BCUT2D eigenvalue weighted by molar-refractivity contribution is 5.76. The predicted molar refractivity (Wildman–Crippen MR) is 77.8 cm³/mol. The average molecular weight is 254 g/mol. The summed E-state index contributed by atoms with van der Waals surface area (Å²) in [5.74, 6) is -0.305. The Hall–Kier alpha value is -2.29. The van der Waals surface area contributed by atoms with Crippen LogP contribution in [0.15, 0.2) is 48.5 Å². The Balaban J connectivity index is 1.92. The lowest BCUT2D eigenvalue weighted by Gasteiger charge is -2.07. The number of hydrogen-bond donors (Lipinski definition) is 2. The van der Waals surface area contributed by atoms with Crippen LogP contribution >= 0.6 is 0 Å². The summed E-state index contributed by atoms with van der Waals surface area (Å²) in [5, 5.41) is 3.34. The molecule has 2 rings (SSSR count). The maximum atomic E-state index is 10.8. The van der Waals surface area contributed by atoms with Crippen molar-refractivity contribution in [2.75, 3.05) is 5.32 Å². The van der Waals surface area contributed by atoms with E-state index in [0.29, 0.717) is 0 Å². The lowest BCUT2D eigenvalue weighted by Crippen LogP contribution is -2.13. The van der Waals surface area contributed by atoms with E-state index < -0.39 is 0 Å². The molecule has 0 radical (unpaired) electrons. The van der Waals surface area contributed by atoms with Gasteiger partial charge in [0.05, 0.1) is 6.42 Å². The molecule has 3 N–H and O–H groups in total. The molecule has 0 aliphatic rings. The Morgan fingerprint density at radius 2 is 1.58 bits per heavy atom. The van der Waals surface area contributed by atoms with Crippen molar-refractivity contribution in [1.82, 2.24) is 0 Å². The van der Waals surface area contributed by atoms with Gasteiger partial charge in [-0.25, -0.2) is 0 Å². The Morgan fingerprint density at radius 1 is 1.00 bits per heavy atom. The van der Waals surface area contributed by atoms with Crippen molar-refractivity contribution in [3.05, 3.63) is 65.2 Å². The van der Waals surface area contributed by atoms with Crippen LogP contribution in [0.4, 0.5) is 5.69 Å². The Morgan fingerprint density at radius 3 is 2.16 bits per heavy atom. The van der Waals surface area contributed by atoms with Gasteiger partial charge in [-0.1, -0.05) is 42.0 Å². The van der Waals surface area contributed by atoms with Crippen LogP contribution in [0, 0.1) is 6.92 Å². The van der Waals surface area contributed by atoms with Gasteiger partial charge in [0.15, 0.2) is 0 Å². The van der Waals surface area contributed by atoms with E-state index in [9.17, 15) is 4.79 Å². The minimum atomic E-state index is -0.305. The first-order valence-electron chi connectivity index (χ1n) is 6.30. The van der Waals surface area contributed by atoms with Gasteiger partial charge >= 0.3 is 0 Å². The molecule has 19 heavy (non-hydrogen) atoms. The summed E-state index contributed by atoms with van der Waals surface area (Å²) < 4.78 is 0. The fourth-order valence-corrected chi connectivity index (χ4v) is 1.85. The van der Waals surface area contributed by atoms with Gasteiger partial charge in [0.2, 0.25) is 5.91 Å². The first-order chi connectivity index (χ1) is 9.13. The standard InChI is InChI=1S/C16H18N2O/c1-12-2-4-14(5-3-12)11-18-15-8-6-13(7-9-15)10-16(17)19/h2-9,18H,10-11H2,1H3,(H2,17,19). The predicted octanol–water partition coefficient (Wildman–Crippen LogP) is 2.63. The molecule has 0 spiro atoms. The van der Waals surface area contributed by atoms with Crippen LogP contribution in [0.3, 0.4) is 0 Å². The van der Waals surface area contributed by atoms with Gasteiger partial charge in [0, 0.05) is 12.2 Å². The van der Waals surface area contributed by atoms with Crippen molar-refractivity contribution in [2.45, 2.75) is 19.9 Å². The summed E-state index contributed by atoms with van der Waals surface area (Å²) in [4.78, 5) is 10.8. The summed E-state index contributed by atoms with van der Waals surface area (Å²) in [6, 6.07) is 16.2. The minimum absolute atomic E-state index is 0.290. The highest BCUT2D eigenvalue weighted by atomic mass is 16.1. The van der Waals surface area contributed by atoms with Crippen LogP contribution in [0.5, 0.6) is 0 Å². The van der Waals surface area contributed by atoms with E-state index in [1.165, 1.54) is 11.1 Å². The second kappa shape index (κ2) is 6.05. The van der Waals surface area contributed by atoms with Gasteiger partial charge in [-0.3, -0.25) is 4.79 Å². The van der Waals surface area contributed by atoms with Crippen LogP contribution in [0.25, 0.3) is 0 Å². The maximum Gasteiger partial charge on any atom is 0.221 e. The fraction of sp³-hybridized carbons (Fsp3) is 0.188. The van der Waals surface area contributed by atoms with Crippen LogP contribution in [-0.2, 0) is 17.8 Å². The van der Waals surface area contributed by atoms with Crippen molar-refractivity contribution in [3.8, 4) is 0 Å². The third-order valence-corrected chi connectivity index (χ3v) is 2.95. The third kappa shape index (κ3) is 4.14. The molecular weight excluding hydrogens is 236 g/mol. The smallest absolute Gasteiger partial charge is 0.221 e. The fourth-order valence-electron chi connectivity index (χ4n) is 1.85. The van der Waals surface area contributed by atoms with E-state index in [-0.39, 0.29) is 12.3 Å². The highest BCUT2D eigenvalue weighted by Crippen LogP contribution is 2.12. The summed E-state index contributed by atoms with van der Waals surface area (Å²) in [6.45, 7) is 2.87. The number of anilines is 1. The first kappa shape index (κ1) is 13.1. The lowest BCUT2D eigenvalue weighted by molar-refractivity contribution is -0.117. The van der Waals surface area contributed by atoms with Crippen molar-refractivity contribution in [1.29, 1.82) is 0 Å². The number of aryl methyl sites for hydroxylation is 1. The molecule has 0 saturated heterocycles. The van der Waals surface area contributed by atoms with Gasteiger partial charge in [0.25, 0.3) is 0 Å². The Kier molecular flexibility index (Phi) is 4.18. The second-order valence-corrected chi connectivity index (χ2v) is 4.68. The number of nitrogens with two attached hydrogens (primary N) is 1. The lowest BCUT2D eigenvalue weighted by atomic mass is 10.1. The third-order valence-electron chi connectivity index (χ3n) is 2.95. The molecule has 0 atom stereocenters. The zero-order chi connectivity index (χ0) is 13.7. The molecule has 0 fully saturated rings. The molecular formula is C16H18N2O. The molecule has 3 nitrogen and oxygen atoms in total. The number of primary amides is 1. The van der Waals surface area contributed by atoms with Crippen molar-refractivity contribution in [2.24, 2.45) is 5.73 Å². The number of carbonyl (C=O) groups is 1. The summed E-state index contributed by atoms with van der Waals surface area (Å²) in [7, 11) is 0. The number of nitrogens with one attached hydrogen (secondary N) is 1. The maximum absolute atomic E-state index is 10.8. The van der Waals surface area contributed by atoms with E-state index in [1.54, 1.807) is 0 Å². The van der Waals surface area contributed by atoms with E-state index in [0.717, 1.165) is 17.8 Å².